The summed E-state index contributed by atoms with van der Waals surface area (Å²) in [5.74, 6) is 0.523. The van der Waals surface area contributed by atoms with E-state index < -0.39 is 11.7 Å². The third-order valence-electron chi connectivity index (χ3n) is 6.63. The normalized spacial score (nSPS) is 20.8. The quantitative estimate of drug-likeness (QED) is 0.564. The Kier molecular flexibility index (Phi) is 5.08. The minimum atomic E-state index is -4.41. The van der Waals surface area contributed by atoms with Gasteiger partial charge in [0.1, 0.15) is 27.8 Å². The summed E-state index contributed by atoms with van der Waals surface area (Å²) in [6, 6.07) is 4.24. The molecule has 2 aliphatic heterocycles. The van der Waals surface area contributed by atoms with Crippen molar-refractivity contribution in [3.8, 4) is 6.07 Å². The van der Waals surface area contributed by atoms with Gasteiger partial charge in [0, 0.05) is 38.9 Å². The highest BCUT2D eigenvalue weighted by Crippen LogP contribution is 2.40. The Morgan fingerprint density at radius 2 is 2.06 bits per heavy atom. The highest BCUT2D eigenvalue weighted by molar-refractivity contribution is 7.18. The van der Waals surface area contributed by atoms with E-state index in [-0.39, 0.29) is 23.1 Å². The summed E-state index contributed by atoms with van der Waals surface area (Å²) >= 11 is 1.42. The summed E-state index contributed by atoms with van der Waals surface area (Å²) in [5, 5.41) is 10.6. The average molecular weight is 475 g/mol. The summed E-state index contributed by atoms with van der Waals surface area (Å²) in [4.78, 5) is 26.4. The maximum absolute atomic E-state index is 13.2. The summed E-state index contributed by atoms with van der Waals surface area (Å²) < 4.78 is 41.0. The van der Waals surface area contributed by atoms with E-state index in [2.05, 4.69) is 20.9 Å². The maximum Gasteiger partial charge on any atom is 0.416 e. The van der Waals surface area contributed by atoms with Gasteiger partial charge in [-0.25, -0.2) is 9.97 Å². The first-order valence-corrected chi connectivity index (χ1v) is 11.5. The number of halogens is 3. The summed E-state index contributed by atoms with van der Waals surface area (Å²) in [6.45, 7) is 3.66. The monoisotopic (exact) mass is 474 g/mol. The second kappa shape index (κ2) is 7.73. The maximum atomic E-state index is 13.2. The Bertz CT molecular complexity index is 1340. The topological polar surface area (TPSA) is 78.1 Å². The highest BCUT2D eigenvalue weighted by atomic mass is 32.1. The molecule has 2 atom stereocenters. The number of thiazole rings is 1. The lowest BCUT2D eigenvalue weighted by Crippen LogP contribution is -2.47. The fourth-order valence-electron chi connectivity index (χ4n) is 5.11. The molecule has 5 rings (SSSR count). The minimum Gasteiger partial charge on any atom is -0.368 e. The van der Waals surface area contributed by atoms with Crippen LogP contribution in [-0.2, 0) is 13.2 Å². The van der Waals surface area contributed by atoms with Gasteiger partial charge in [0.25, 0.3) is 5.56 Å². The first-order valence-electron chi connectivity index (χ1n) is 10.6. The van der Waals surface area contributed by atoms with Crippen molar-refractivity contribution in [3.63, 3.8) is 0 Å². The van der Waals surface area contributed by atoms with Crippen molar-refractivity contribution in [2.75, 3.05) is 29.4 Å². The van der Waals surface area contributed by atoms with E-state index in [4.69, 9.17) is 0 Å². The second-order valence-corrected chi connectivity index (χ2v) is 9.71. The molecule has 0 bridgehead atoms. The van der Waals surface area contributed by atoms with Gasteiger partial charge >= 0.3 is 6.18 Å². The number of nitriles is 1. The molecular formula is C22H21F3N6OS. The number of nitrogens with zero attached hydrogens (tertiary/aromatic N) is 6. The largest absolute Gasteiger partial charge is 0.416 e. The van der Waals surface area contributed by atoms with Crippen molar-refractivity contribution in [2.24, 2.45) is 13.0 Å². The number of piperidine rings is 1. The zero-order valence-electron chi connectivity index (χ0n) is 18.1. The van der Waals surface area contributed by atoms with Crippen LogP contribution in [0.1, 0.15) is 29.0 Å². The van der Waals surface area contributed by atoms with Crippen LogP contribution in [0.4, 0.5) is 24.7 Å². The number of anilines is 2. The Hall–Kier alpha value is -3.13. The number of rotatable bonds is 2. The summed E-state index contributed by atoms with van der Waals surface area (Å²) in [6.07, 6.45) is -1.72. The molecule has 0 saturated carbocycles. The van der Waals surface area contributed by atoms with Crippen LogP contribution in [-0.4, -0.2) is 40.2 Å². The standard InChI is InChI=1S/C22H21F3N6OS/c1-12-28-18-19(15(10-26)20(32)29(2)21(18)33-12)30-7-5-16-13(11-30)4-8-31(16)17-9-14(3-6-27-17)22(23,24)25/h3,6,9,13,16H,4-5,7-8,11H2,1-2H3/t13-,16+/m1/s1. The van der Waals surface area contributed by atoms with Crippen molar-refractivity contribution < 1.29 is 13.2 Å². The van der Waals surface area contributed by atoms with Gasteiger partial charge in [-0.15, -0.1) is 11.3 Å². The fourth-order valence-corrected chi connectivity index (χ4v) is 5.99. The Labute approximate surface area is 191 Å². The third-order valence-corrected chi connectivity index (χ3v) is 7.68. The second-order valence-electron chi connectivity index (χ2n) is 8.53. The molecule has 7 nitrogen and oxygen atoms in total. The van der Waals surface area contributed by atoms with Gasteiger partial charge in [-0.1, -0.05) is 0 Å². The molecule has 5 heterocycles. The lowest BCUT2D eigenvalue weighted by molar-refractivity contribution is -0.137. The van der Waals surface area contributed by atoms with Crippen LogP contribution in [0.3, 0.4) is 0 Å². The first kappa shape index (κ1) is 21.7. The van der Waals surface area contributed by atoms with E-state index in [0.29, 0.717) is 43.1 Å². The van der Waals surface area contributed by atoms with E-state index in [1.165, 1.54) is 22.1 Å². The van der Waals surface area contributed by atoms with Gasteiger partial charge in [-0.05, 0) is 37.8 Å². The molecule has 2 fully saturated rings. The molecule has 33 heavy (non-hydrogen) atoms. The Balaban J connectivity index is 1.47. The van der Waals surface area contributed by atoms with Crippen LogP contribution in [0, 0.1) is 24.2 Å². The third kappa shape index (κ3) is 3.53. The molecule has 0 aliphatic carbocycles. The van der Waals surface area contributed by atoms with Crippen molar-refractivity contribution in [2.45, 2.75) is 32.0 Å². The predicted molar refractivity (Wildman–Crippen MR) is 120 cm³/mol. The van der Waals surface area contributed by atoms with Crippen molar-refractivity contribution in [1.82, 2.24) is 14.5 Å². The highest BCUT2D eigenvalue weighted by Gasteiger charge is 2.41. The molecule has 172 valence electrons. The first-order chi connectivity index (χ1) is 15.7. The van der Waals surface area contributed by atoms with Crippen LogP contribution >= 0.6 is 11.3 Å². The molecule has 0 unspecified atom stereocenters. The average Bonchev–Trinajstić information content (AvgIpc) is 3.38. The number of aromatic nitrogens is 3. The van der Waals surface area contributed by atoms with Crippen LogP contribution in [0.5, 0.6) is 0 Å². The minimum absolute atomic E-state index is 0.0574. The molecular weight excluding hydrogens is 453 g/mol. The van der Waals surface area contributed by atoms with E-state index in [9.17, 15) is 23.2 Å². The van der Waals surface area contributed by atoms with E-state index in [0.717, 1.165) is 28.4 Å². The number of alkyl halides is 3. The van der Waals surface area contributed by atoms with Crippen molar-refractivity contribution >= 4 is 33.2 Å². The van der Waals surface area contributed by atoms with Crippen LogP contribution in [0.15, 0.2) is 23.1 Å². The number of hydrogen-bond donors (Lipinski definition) is 0. The molecule has 0 spiro atoms. The SMILES string of the molecule is Cc1nc2c(N3CC[C@H]4[C@H](CCN4c4cc(C(F)(F)F)ccn4)C3)c(C#N)c(=O)n(C)c2s1. The van der Waals surface area contributed by atoms with Gasteiger partial charge in [0.15, 0.2) is 0 Å². The fraction of sp³-hybridized carbons (Fsp3) is 0.455. The Morgan fingerprint density at radius 1 is 1.27 bits per heavy atom. The molecule has 0 radical (unpaired) electrons. The smallest absolute Gasteiger partial charge is 0.368 e. The summed E-state index contributed by atoms with van der Waals surface area (Å²) in [5.41, 5.74) is 0.279. The molecule has 2 aliphatic rings. The van der Waals surface area contributed by atoms with Crippen molar-refractivity contribution in [1.29, 1.82) is 5.26 Å². The molecule has 0 amide bonds. The van der Waals surface area contributed by atoms with Crippen molar-refractivity contribution in [3.05, 3.63) is 44.8 Å². The molecule has 3 aromatic rings. The van der Waals surface area contributed by atoms with Gasteiger partial charge in [0.2, 0.25) is 0 Å². The zero-order valence-corrected chi connectivity index (χ0v) is 18.9. The van der Waals surface area contributed by atoms with E-state index in [1.54, 1.807) is 7.05 Å². The molecule has 2 saturated heterocycles. The van der Waals surface area contributed by atoms with E-state index >= 15 is 0 Å². The number of aryl methyl sites for hydroxylation is 2. The lowest BCUT2D eigenvalue weighted by Gasteiger charge is -2.39. The number of fused-ring (bicyclic) bond motifs is 2. The van der Waals surface area contributed by atoms with Gasteiger partial charge in [0.05, 0.1) is 16.3 Å². The molecule has 0 N–H and O–H groups in total. The van der Waals surface area contributed by atoms with Crippen LogP contribution in [0.25, 0.3) is 10.3 Å². The number of hydrogen-bond acceptors (Lipinski definition) is 7. The molecule has 0 aromatic carbocycles. The number of pyridine rings is 2. The van der Waals surface area contributed by atoms with E-state index in [1.807, 2.05) is 11.8 Å². The van der Waals surface area contributed by atoms with Gasteiger partial charge < -0.3 is 14.4 Å². The predicted octanol–water partition coefficient (Wildman–Crippen LogP) is 3.69. The molecule has 11 heteroatoms. The summed E-state index contributed by atoms with van der Waals surface area (Å²) in [7, 11) is 1.65. The Morgan fingerprint density at radius 3 is 2.79 bits per heavy atom. The molecule has 3 aromatic heterocycles. The van der Waals surface area contributed by atoms with Crippen LogP contribution < -0.4 is 15.4 Å². The van der Waals surface area contributed by atoms with Gasteiger partial charge in [-0.3, -0.25) is 4.79 Å². The lowest BCUT2D eigenvalue weighted by atomic mass is 9.92. The zero-order chi connectivity index (χ0) is 23.5. The van der Waals surface area contributed by atoms with Gasteiger partial charge in [-0.2, -0.15) is 18.4 Å². The van der Waals surface area contributed by atoms with Crippen LogP contribution in [0.2, 0.25) is 0 Å².